The van der Waals surface area contributed by atoms with Crippen molar-refractivity contribution in [3.8, 4) is 5.69 Å². The largest absolute Gasteiger partial charge is 0.444 e. The first-order valence-corrected chi connectivity index (χ1v) is 11.9. The van der Waals surface area contributed by atoms with Gasteiger partial charge in [-0.3, -0.25) is 14.0 Å². The van der Waals surface area contributed by atoms with Crippen LogP contribution in [0.2, 0.25) is 0 Å². The highest BCUT2D eigenvalue weighted by Crippen LogP contribution is 2.22. The summed E-state index contributed by atoms with van der Waals surface area (Å²) in [5.41, 5.74) is 2.49. The molecule has 0 unspecified atom stereocenters. The lowest BCUT2D eigenvalue weighted by Gasteiger charge is -2.34. The SMILES string of the molecule is Cn1cc2ccc(-n3cnc4cc(NC5CCN(C(=O)OC(C)(C)C)CC5)ccc4c3=O)cc2n1. The summed E-state index contributed by atoms with van der Waals surface area (Å²) in [7, 11) is 1.87. The zero-order valence-corrected chi connectivity index (χ0v) is 20.5. The molecule has 0 bridgehead atoms. The van der Waals surface area contributed by atoms with Gasteiger partial charge in [0.25, 0.3) is 5.56 Å². The summed E-state index contributed by atoms with van der Waals surface area (Å²) in [6, 6.07) is 11.6. The van der Waals surface area contributed by atoms with E-state index in [9.17, 15) is 9.59 Å². The number of nitrogens with zero attached hydrogens (tertiary/aromatic N) is 5. The van der Waals surface area contributed by atoms with Crippen molar-refractivity contribution in [2.24, 2.45) is 7.05 Å². The Morgan fingerprint density at radius 3 is 2.60 bits per heavy atom. The highest BCUT2D eigenvalue weighted by Gasteiger charge is 2.26. The van der Waals surface area contributed by atoms with Gasteiger partial charge in [-0.15, -0.1) is 0 Å². The molecule has 0 radical (unpaired) electrons. The molecule has 2 aromatic carbocycles. The van der Waals surface area contributed by atoms with Gasteiger partial charge in [-0.25, -0.2) is 9.78 Å². The van der Waals surface area contributed by atoms with Crippen molar-refractivity contribution in [3.05, 3.63) is 59.3 Å². The third kappa shape index (κ3) is 4.84. The van der Waals surface area contributed by atoms with Crippen LogP contribution in [0.1, 0.15) is 33.6 Å². The molecular formula is C26H30N6O3. The van der Waals surface area contributed by atoms with Crippen molar-refractivity contribution in [2.75, 3.05) is 18.4 Å². The number of benzene rings is 2. The van der Waals surface area contributed by atoms with Gasteiger partial charge in [0, 0.05) is 43.4 Å². The second-order valence-electron chi connectivity index (χ2n) is 10.1. The molecule has 35 heavy (non-hydrogen) atoms. The number of nitrogens with one attached hydrogen (secondary N) is 1. The fraction of sp³-hybridized carbons (Fsp3) is 0.385. The number of hydrogen-bond donors (Lipinski definition) is 1. The highest BCUT2D eigenvalue weighted by atomic mass is 16.6. The fourth-order valence-corrected chi connectivity index (χ4v) is 4.44. The summed E-state index contributed by atoms with van der Waals surface area (Å²) >= 11 is 0. The molecule has 1 N–H and O–H groups in total. The summed E-state index contributed by atoms with van der Waals surface area (Å²) in [5, 5.41) is 9.54. The number of carbonyl (C=O) groups excluding carboxylic acids is 1. The van der Waals surface area contributed by atoms with E-state index in [2.05, 4.69) is 15.4 Å². The van der Waals surface area contributed by atoms with E-state index < -0.39 is 5.60 Å². The van der Waals surface area contributed by atoms with E-state index in [1.807, 2.05) is 70.4 Å². The van der Waals surface area contributed by atoms with Crippen LogP contribution in [-0.4, -0.2) is 55.1 Å². The van der Waals surface area contributed by atoms with Crippen molar-refractivity contribution in [2.45, 2.75) is 45.3 Å². The van der Waals surface area contributed by atoms with E-state index in [1.54, 1.807) is 20.5 Å². The summed E-state index contributed by atoms with van der Waals surface area (Å²) in [6.07, 6.45) is 4.89. The summed E-state index contributed by atoms with van der Waals surface area (Å²) in [4.78, 5) is 31.8. The average molecular weight is 475 g/mol. The number of rotatable bonds is 3. The van der Waals surface area contributed by atoms with Crippen LogP contribution < -0.4 is 10.9 Å². The smallest absolute Gasteiger partial charge is 0.410 e. The Kier molecular flexibility index (Phi) is 5.70. The van der Waals surface area contributed by atoms with Gasteiger partial charge < -0.3 is 15.0 Å². The van der Waals surface area contributed by atoms with Gasteiger partial charge in [-0.2, -0.15) is 5.10 Å². The second kappa shape index (κ2) is 8.72. The number of anilines is 1. The number of aromatic nitrogens is 4. The molecule has 1 aliphatic rings. The van der Waals surface area contributed by atoms with Crippen LogP contribution in [-0.2, 0) is 11.8 Å². The lowest BCUT2D eigenvalue weighted by Crippen LogP contribution is -2.44. The van der Waals surface area contributed by atoms with Gasteiger partial charge in [0.1, 0.15) is 11.9 Å². The molecule has 182 valence electrons. The normalized spacial score (nSPS) is 15.0. The van der Waals surface area contributed by atoms with Crippen molar-refractivity contribution >= 4 is 33.6 Å². The summed E-state index contributed by atoms with van der Waals surface area (Å²) in [5.74, 6) is 0. The Bertz CT molecular complexity index is 1460. The number of ether oxygens (including phenoxy) is 1. The Morgan fingerprint density at radius 1 is 1.09 bits per heavy atom. The molecule has 5 rings (SSSR count). The first kappa shape index (κ1) is 22.9. The number of aryl methyl sites for hydroxylation is 1. The Morgan fingerprint density at radius 2 is 1.86 bits per heavy atom. The van der Waals surface area contributed by atoms with Crippen LogP contribution in [0.15, 0.2) is 53.7 Å². The number of fused-ring (bicyclic) bond motifs is 2. The maximum absolute atomic E-state index is 13.2. The monoisotopic (exact) mass is 474 g/mol. The number of piperidine rings is 1. The molecule has 0 spiro atoms. The molecule has 2 aromatic heterocycles. The van der Waals surface area contributed by atoms with E-state index in [1.165, 1.54) is 0 Å². The van der Waals surface area contributed by atoms with Gasteiger partial charge in [0.05, 0.1) is 22.1 Å². The lowest BCUT2D eigenvalue weighted by atomic mass is 10.0. The van der Waals surface area contributed by atoms with Gasteiger partial charge >= 0.3 is 6.09 Å². The molecule has 1 saturated heterocycles. The topological polar surface area (TPSA) is 94.3 Å². The van der Waals surface area contributed by atoms with Crippen LogP contribution in [0, 0.1) is 0 Å². The molecule has 4 aromatic rings. The van der Waals surface area contributed by atoms with Crippen molar-refractivity contribution in [1.29, 1.82) is 0 Å². The van der Waals surface area contributed by atoms with E-state index >= 15 is 0 Å². The second-order valence-corrected chi connectivity index (χ2v) is 10.1. The summed E-state index contributed by atoms with van der Waals surface area (Å²) in [6.45, 7) is 6.91. The number of likely N-dealkylation sites (tertiary alicyclic amines) is 1. The van der Waals surface area contributed by atoms with Crippen LogP contribution in [0.4, 0.5) is 10.5 Å². The number of hydrogen-bond acceptors (Lipinski definition) is 6. The Hall–Kier alpha value is -3.88. The van der Waals surface area contributed by atoms with Gasteiger partial charge in [0.2, 0.25) is 0 Å². The van der Waals surface area contributed by atoms with Crippen molar-refractivity contribution in [3.63, 3.8) is 0 Å². The molecule has 0 saturated carbocycles. The van der Waals surface area contributed by atoms with Crippen molar-refractivity contribution < 1.29 is 9.53 Å². The maximum atomic E-state index is 13.2. The van der Waals surface area contributed by atoms with Crippen molar-refractivity contribution in [1.82, 2.24) is 24.2 Å². The van der Waals surface area contributed by atoms with Gasteiger partial charge in [-0.1, -0.05) is 0 Å². The third-order valence-corrected chi connectivity index (χ3v) is 6.16. The predicted octanol–water partition coefficient (Wildman–Crippen LogP) is 4.08. The third-order valence-electron chi connectivity index (χ3n) is 6.16. The van der Waals surface area contributed by atoms with E-state index in [0.717, 1.165) is 35.1 Å². The molecular weight excluding hydrogens is 444 g/mol. The summed E-state index contributed by atoms with van der Waals surface area (Å²) < 4.78 is 8.78. The molecule has 9 heteroatoms. The van der Waals surface area contributed by atoms with Gasteiger partial charge in [0.15, 0.2) is 0 Å². The minimum absolute atomic E-state index is 0.123. The number of carbonyl (C=O) groups is 1. The zero-order chi connectivity index (χ0) is 24.7. The van der Waals surface area contributed by atoms with E-state index in [0.29, 0.717) is 24.0 Å². The fourth-order valence-electron chi connectivity index (χ4n) is 4.44. The molecule has 0 aliphatic carbocycles. The van der Waals surface area contributed by atoms with Crippen LogP contribution in [0.5, 0.6) is 0 Å². The minimum atomic E-state index is -0.492. The molecule has 1 fully saturated rings. The molecule has 0 atom stereocenters. The number of amides is 1. The molecule has 1 amide bonds. The minimum Gasteiger partial charge on any atom is -0.444 e. The zero-order valence-electron chi connectivity index (χ0n) is 20.5. The van der Waals surface area contributed by atoms with Gasteiger partial charge in [-0.05, 0) is 70.0 Å². The molecule has 3 heterocycles. The predicted molar refractivity (Wildman–Crippen MR) is 136 cm³/mol. The quantitative estimate of drug-likeness (QED) is 0.481. The molecule has 1 aliphatic heterocycles. The van der Waals surface area contributed by atoms with Crippen LogP contribution in [0.3, 0.4) is 0 Å². The van der Waals surface area contributed by atoms with Crippen LogP contribution in [0.25, 0.3) is 27.5 Å². The lowest BCUT2D eigenvalue weighted by molar-refractivity contribution is 0.0210. The first-order valence-electron chi connectivity index (χ1n) is 11.9. The van der Waals surface area contributed by atoms with E-state index in [4.69, 9.17) is 4.74 Å². The molecule has 9 nitrogen and oxygen atoms in total. The highest BCUT2D eigenvalue weighted by molar-refractivity contribution is 5.83. The maximum Gasteiger partial charge on any atom is 0.410 e. The first-order chi connectivity index (χ1) is 16.7. The Labute approximate surface area is 203 Å². The standard InChI is InChI=1S/C26H30N6O3/c1-26(2,3)35-25(34)31-11-9-18(10-12-31)28-19-6-8-21-23(13-19)27-16-32(24(21)33)20-7-5-17-15-30(4)29-22(17)14-20/h5-8,13-16,18,28H,9-12H2,1-4H3. The average Bonchev–Trinajstić information content (AvgIpc) is 3.18. The van der Waals surface area contributed by atoms with E-state index in [-0.39, 0.29) is 17.7 Å². The Balaban J connectivity index is 1.30. The van der Waals surface area contributed by atoms with Crippen LogP contribution >= 0.6 is 0 Å².